The number of hydrogen-bond acceptors (Lipinski definition) is 4. The molecule has 0 bridgehead atoms. The molecule has 0 saturated carbocycles. The first kappa shape index (κ1) is 11.2. The van der Waals surface area contributed by atoms with Crippen LogP contribution in [-0.2, 0) is 18.3 Å². The lowest BCUT2D eigenvalue weighted by Crippen LogP contribution is -2.40. The van der Waals surface area contributed by atoms with E-state index in [1.807, 2.05) is 6.92 Å². The van der Waals surface area contributed by atoms with E-state index in [4.69, 9.17) is 4.74 Å². The van der Waals surface area contributed by atoms with E-state index < -0.39 is 0 Å². The summed E-state index contributed by atoms with van der Waals surface area (Å²) in [6.07, 6.45) is 3.16. The summed E-state index contributed by atoms with van der Waals surface area (Å²) in [5.74, 6) is 0. The molecule has 1 fully saturated rings. The van der Waals surface area contributed by atoms with E-state index in [0.717, 1.165) is 0 Å². The summed E-state index contributed by atoms with van der Waals surface area (Å²) in [5.41, 5.74) is -0.0603. The molecule has 1 aliphatic rings. The highest BCUT2D eigenvalue weighted by Gasteiger charge is 2.35. The zero-order valence-corrected chi connectivity index (χ0v) is 10.2. The molecule has 0 N–H and O–H groups in total. The van der Waals surface area contributed by atoms with E-state index in [-0.39, 0.29) is 23.5 Å². The number of hydrogen-bond donors (Lipinski definition) is 0. The van der Waals surface area contributed by atoms with Gasteiger partial charge in [0.1, 0.15) is 6.10 Å². The summed E-state index contributed by atoms with van der Waals surface area (Å²) in [5, 5.41) is 0.500. The maximum atomic E-state index is 12.2. The van der Waals surface area contributed by atoms with E-state index >= 15 is 0 Å². The third kappa shape index (κ3) is 1.57. The zero-order chi connectivity index (χ0) is 12.9. The Kier molecular flexibility index (Phi) is 2.34. The number of aromatic nitrogens is 3. The number of pyridine rings is 1. The van der Waals surface area contributed by atoms with Gasteiger partial charge in [0.15, 0.2) is 0 Å². The van der Waals surface area contributed by atoms with Crippen LogP contribution in [0.1, 0.15) is 6.92 Å². The fraction of sp³-hybridized carbons (Fsp3) is 0.417. The molecule has 2 aromatic rings. The Bertz CT molecular complexity index is 731. The Morgan fingerprint density at radius 3 is 2.83 bits per heavy atom. The van der Waals surface area contributed by atoms with E-state index in [9.17, 15) is 9.59 Å². The van der Waals surface area contributed by atoms with Crippen molar-refractivity contribution in [2.75, 3.05) is 0 Å². The van der Waals surface area contributed by atoms with Gasteiger partial charge in [0.25, 0.3) is 5.56 Å². The van der Waals surface area contributed by atoms with Crippen LogP contribution in [0.4, 0.5) is 0 Å². The lowest BCUT2D eigenvalue weighted by atomic mass is 10.3. The van der Waals surface area contributed by atoms with Gasteiger partial charge < -0.3 is 4.74 Å². The second kappa shape index (κ2) is 3.78. The van der Waals surface area contributed by atoms with E-state index in [1.54, 1.807) is 19.3 Å². The standard InChI is InChI=1S/C12H13N3O3/c1-7-10(18-7)6-15-11(16)8-3-4-13-5-9(8)14(2)12(15)17/h3-5,7,10H,6H2,1-2H3. The number of nitrogens with zero attached hydrogens (tertiary/aromatic N) is 3. The molecule has 3 heterocycles. The van der Waals surface area contributed by atoms with Crippen molar-refractivity contribution in [3.05, 3.63) is 39.3 Å². The minimum atomic E-state index is -0.330. The fourth-order valence-corrected chi connectivity index (χ4v) is 2.11. The molecule has 18 heavy (non-hydrogen) atoms. The van der Waals surface area contributed by atoms with Gasteiger partial charge in [0.05, 0.1) is 29.7 Å². The fourth-order valence-electron chi connectivity index (χ4n) is 2.11. The Morgan fingerprint density at radius 1 is 1.44 bits per heavy atom. The van der Waals surface area contributed by atoms with Gasteiger partial charge in [0, 0.05) is 13.2 Å². The minimum absolute atomic E-state index is 0.0327. The summed E-state index contributed by atoms with van der Waals surface area (Å²) in [7, 11) is 1.64. The highest BCUT2D eigenvalue weighted by molar-refractivity contribution is 5.76. The highest BCUT2D eigenvalue weighted by Crippen LogP contribution is 2.21. The lowest BCUT2D eigenvalue weighted by Gasteiger charge is -2.08. The van der Waals surface area contributed by atoms with Crippen molar-refractivity contribution in [1.29, 1.82) is 0 Å². The van der Waals surface area contributed by atoms with Crippen molar-refractivity contribution in [3.8, 4) is 0 Å². The second-order valence-electron chi connectivity index (χ2n) is 4.53. The summed E-state index contributed by atoms with van der Waals surface area (Å²) in [6.45, 7) is 2.23. The van der Waals surface area contributed by atoms with Crippen LogP contribution in [0, 0.1) is 0 Å². The Balaban J connectivity index is 2.25. The van der Waals surface area contributed by atoms with Crippen LogP contribution in [0.3, 0.4) is 0 Å². The summed E-state index contributed by atoms with van der Waals surface area (Å²) < 4.78 is 7.94. The van der Waals surface area contributed by atoms with Gasteiger partial charge in [-0.05, 0) is 13.0 Å². The molecule has 0 aromatic carbocycles. The number of epoxide rings is 1. The van der Waals surface area contributed by atoms with Crippen molar-refractivity contribution >= 4 is 10.9 Å². The Morgan fingerprint density at radius 2 is 2.17 bits per heavy atom. The molecule has 2 aromatic heterocycles. The van der Waals surface area contributed by atoms with Crippen LogP contribution >= 0.6 is 0 Å². The SMILES string of the molecule is CC1OC1Cn1c(=O)c2ccncc2n(C)c1=O. The molecule has 2 atom stereocenters. The quantitative estimate of drug-likeness (QED) is 0.694. The molecule has 0 aliphatic carbocycles. The van der Waals surface area contributed by atoms with Gasteiger partial charge in [-0.15, -0.1) is 0 Å². The molecule has 1 aliphatic heterocycles. The predicted octanol–water partition coefficient (Wildman–Crippen LogP) is -0.118. The first-order valence-electron chi connectivity index (χ1n) is 5.78. The largest absolute Gasteiger partial charge is 0.368 e. The average Bonchev–Trinajstić information content (AvgIpc) is 3.08. The Hall–Kier alpha value is -1.95. The molecule has 0 spiro atoms. The number of ether oxygens (including phenoxy) is 1. The Labute approximate surface area is 102 Å². The molecule has 6 heteroatoms. The van der Waals surface area contributed by atoms with Gasteiger partial charge >= 0.3 is 5.69 Å². The number of fused-ring (bicyclic) bond motifs is 1. The maximum Gasteiger partial charge on any atom is 0.331 e. The first-order valence-corrected chi connectivity index (χ1v) is 5.78. The molecule has 0 radical (unpaired) electrons. The van der Waals surface area contributed by atoms with Crippen LogP contribution in [0.2, 0.25) is 0 Å². The molecule has 3 rings (SSSR count). The van der Waals surface area contributed by atoms with Crippen LogP contribution in [0.15, 0.2) is 28.0 Å². The summed E-state index contributed by atoms with van der Waals surface area (Å²) in [6, 6.07) is 1.63. The second-order valence-corrected chi connectivity index (χ2v) is 4.53. The average molecular weight is 247 g/mol. The number of aryl methyl sites for hydroxylation is 1. The summed E-state index contributed by atoms with van der Waals surface area (Å²) >= 11 is 0. The molecular weight excluding hydrogens is 234 g/mol. The van der Waals surface area contributed by atoms with Crippen LogP contribution < -0.4 is 11.2 Å². The third-order valence-electron chi connectivity index (χ3n) is 3.35. The molecule has 6 nitrogen and oxygen atoms in total. The van der Waals surface area contributed by atoms with Crippen molar-refractivity contribution < 1.29 is 4.74 Å². The van der Waals surface area contributed by atoms with Gasteiger partial charge in [0.2, 0.25) is 0 Å². The van der Waals surface area contributed by atoms with Gasteiger partial charge in [-0.1, -0.05) is 0 Å². The number of rotatable bonds is 2. The predicted molar refractivity (Wildman–Crippen MR) is 65.6 cm³/mol. The zero-order valence-electron chi connectivity index (χ0n) is 10.2. The smallest absolute Gasteiger partial charge is 0.331 e. The van der Waals surface area contributed by atoms with Crippen molar-refractivity contribution in [1.82, 2.24) is 14.1 Å². The minimum Gasteiger partial charge on any atom is -0.368 e. The monoisotopic (exact) mass is 247 g/mol. The maximum absolute atomic E-state index is 12.2. The molecule has 1 saturated heterocycles. The van der Waals surface area contributed by atoms with Crippen molar-refractivity contribution in [3.63, 3.8) is 0 Å². The third-order valence-corrected chi connectivity index (χ3v) is 3.35. The molecule has 2 unspecified atom stereocenters. The van der Waals surface area contributed by atoms with Gasteiger partial charge in [-0.3, -0.25) is 18.9 Å². The molecule has 0 amide bonds. The first-order chi connectivity index (χ1) is 8.59. The van der Waals surface area contributed by atoms with E-state index in [2.05, 4.69) is 4.98 Å². The summed E-state index contributed by atoms with van der Waals surface area (Å²) in [4.78, 5) is 28.3. The normalized spacial score (nSPS) is 22.3. The topological polar surface area (TPSA) is 69.4 Å². The van der Waals surface area contributed by atoms with Crippen molar-refractivity contribution in [2.24, 2.45) is 7.05 Å². The molecular formula is C12H13N3O3. The van der Waals surface area contributed by atoms with E-state index in [1.165, 1.54) is 15.3 Å². The lowest BCUT2D eigenvalue weighted by molar-refractivity contribution is 0.355. The van der Waals surface area contributed by atoms with Gasteiger partial charge in [-0.25, -0.2) is 4.79 Å². The van der Waals surface area contributed by atoms with Crippen LogP contribution in [0.25, 0.3) is 10.9 Å². The van der Waals surface area contributed by atoms with Crippen molar-refractivity contribution in [2.45, 2.75) is 25.7 Å². The van der Waals surface area contributed by atoms with Crippen LogP contribution in [0.5, 0.6) is 0 Å². The van der Waals surface area contributed by atoms with Crippen LogP contribution in [-0.4, -0.2) is 26.3 Å². The molecule has 94 valence electrons. The highest BCUT2D eigenvalue weighted by atomic mass is 16.6. The van der Waals surface area contributed by atoms with E-state index in [0.29, 0.717) is 17.4 Å². The van der Waals surface area contributed by atoms with Gasteiger partial charge in [-0.2, -0.15) is 0 Å².